The summed E-state index contributed by atoms with van der Waals surface area (Å²) in [6.45, 7) is 2.03. The standard InChI is InChI=1S/C5H10S3/c1-3-4-7-8-5-6-2/h3-4H,5H2,1-2H3/b4-3+. The van der Waals surface area contributed by atoms with Crippen LogP contribution in [-0.2, 0) is 0 Å². The highest BCUT2D eigenvalue weighted by molar-refractivity contribution is 8.79. The van der Waals surface area contributed by atoms with E-state index in [0.717, 1.165) is 0 Å². The largest absolute Gasteiger partial charge is 0.154 e. The Balaban J connectivity index is 2.72. The van der Waals surface area contributed by atoms with Crippen molar-refractivity contribution in [2.24, 2.45) is 0 Å². The minimum absolute atomic E-state index is 1.18. The zero-order valence-electron chi connectivity index (χ0n) is 5.09. The van der Waals surface area contributed by atoms with Gasteiger partial charge in [-0.05, 0) is 18.6 Å². The summed E-state index contributed by atoms with van der Waals surface area (Å²) >= 11 is 1.86. The smallest absolute Gasteiger partial charge is 0.0496 e. The van der Waals surface area contributed by atoms with Crippen molar-refractivity contribution in [2.75, 3.05) is 11.3 Å². The van der Waals surface area contributed by atoms with Crippen LogP contribution >= 0.6 is 33.3 Å². The lowest BCUT2D eigenvalue weighted by Gasteiger charge is -1.88. The van der Waals surface area contributed by atoms with E-state index in [4.69, 9.17) is 0 Å². The first-order chi connectivity index (χ1) is 3.91. The van der Waals surface area contributed by atoms with Crippen LogP contribution in [0.25, 0.3) is 0 Å². The maximum Gasteiger partial charge on any atom is 0.0496 e. The Morgan fingerprint density at radius 2 is 2.25 bits per heavy atom. The molecule has 0 heterocycles. The van der Waals surface area contributed by atoms with Gasteiger partial charge in [-0.25, -0.2) is 0 Å². The number of rotatable bonds is 4. The van der Waals surface area contributed by atoms with Gasteiger partial charge in [0.1, 0.15) is 0 Å². The molecule has 0 bridgehead atoms. The molecule has 0 aromatic rings. The predicted octanol–water partition coefficient (Wildman–Crippen LogP) is 3.22. The normalized spacial score (nSPS) is 10.8. The van der Waals surface area contributed by atoms with Crippen LogP contribution in [0.15, 0.2) is 11.5 Å². The monoisotopic (exact) mass is 166 g/mol. The number of thioether (sulfide) groups is 1. The van der Waals surface area contributed by atoms with E-state index in [1.807, 2.05) is 29.5 Å². The van der Waals surface area contributed by atoms with Gasteiger partial charge < -0.3 is 0 Å². The van der Waals surface area contributed by atoms with Crippen LogP contribution in [0.3, 0.4) is 0 Å². The van der Waals surface area contributed by atoms with E-state index in [1.165, 1.54) is 5.08 Å². The van der Waals surface area contributed by atoms with Gasteiger partial charge in [0.25, 0.3) is 0 Å². The van der Waals surface area contributed by atoms with Crippen molar-refractivity contribution in [1.29, 1.82) is 0 Å². The molecular formula is C5H10S3. The summed E-state index contributed by atoms with van der Waals surface area (Å²) in [4.78, 5) is 0. The first-order valence-corrected chi connectivity index (χ1v) is 6.07. The predicted molar refractivity (Wildman–Crippen MR) is 48.4 cm³/mol. The number of allylic oxidation sites excluding steroid dienone is 1. The fourth-order valence-corrected chi connectivity index (χ4v) is 2.90. The SMILES string of the molecule is C/C=C/SSCSC. The van der Waals surface area contributed by atoms with Crippen LogP contribution in [0.1, 0.15) is 6.92 Å². The minimum atomic E-state index is 1.18. The van der Waals surface area contributed by atoms with E-state index in [2.05, 4.69) is 17.7 Å². The molecule has 0 atom stereocenters. The molecule has 0 fully saturated rings. The van der Waals surface area contributed by atoms with Crippen LogP contribution in [0, 0.1) is 0 Å². The maximum atomic E-state index is 2.11. The van der Waals surface area contributed by atoms with Crippen molar-refractivity contribution in [1.82, 2.24) is 0 Å². The molecule has 0 nitrogen and oxygen atoms in total. The summed E-state index contributed by atoms with van der Waals surface area (Å²) in [5, 5.41) is 3.27. The summed E-state index contributed by atoms with van der Waals surface area (Å²) in [6, 6.07) is 0. The molecule has 0 N–H and O–H groups in total. The zero-order valence-corrected chi connectivity index (χ0v) is 7.54. The highest BCUT2D eigenvalue weighted by Crippen LogP contribution is 2.25. The van der Waals surface area contributed by atoms with E-state index in [0.29, 0.717) is 0 Å². The second-order valence-corrected chi connectivity index (χ2v) is 4.59. The lowest BCUT2D eigenvalue weighted by atomic mass is 10.8. The van der Waals surface area contributed by atoms with E-state index in [9.17, 15) is 0 Å². The second-order valence-electron chi connectivity index (χ2n) is 1.09. The van der Waals surface area contributed by atoms with Gasteiger partial charge in [-0.3, -0.25) is 0 Å². The van der Waals surface area contributed by atoms with Crippen LogP contribution < -0.4 is 0 Å². The Hall–Kier alpha value is 0.790. The van der Waals surface area contributed by atoms with Gasteiger partial charge in [0.05, 0.1) is 0 Å². The lowest BCUT2D eigenvalue weighted by molar-refractivity contribution is 1.79. The van der Waals surface area contributed by atoms with Gasteiger partial charge in [-0.1, -0.05) is 27.7 Å². The quantitative estimate of drug-likeness (QED) is 0.357. The van der Waals surface area contributed by atoms with E-state index in [1.54, 1.807) is 10.8 Å². The van der Waals surface area contributed by atoms with E-state index < -0.39 is 0 Å². The lowest BCUT2D eigenvalue weighted by Crippen LogP contribution is -1.55. The van der Waals surface area contributed by atoms with Crippen LogP contribution in [0.4, 0.5) is 0 Å². The molecule has 0 aliphatic heterocycles. The van der Waals surface area contributed by atoms with Crippen LogP contribution in [0.2, 0.25) is 0 Å². The molecule has 48 valence electrons. The molecule has 0 unspecified atom stereocenters. The Bertz CT molecular complexity index is 60.7. The molecule has 0 spiro atoms. The Morgan fingerprint density at radius 3 is 2.75 bits per heavy atom. The highest BCUT2D eigenvalue weighted by Gasteiger charge is 1.79. The average molecular weight is 166 g/mol. The van der Waals surface area contributed by atoms with Crippen molar-refractivity contribution < 1.29 is 0 Å². The molecule has 0 aromatic heterocycles. The molecule has 0 aliphatic carbocycles. The third kappa shape index (κ3) is 6.79. The number of hydrogen-bond acceptors (Lipinski definition) is 3. The molecule has 8 heavy (non-hydrogen) atoms. The molecule has 3 heteroatoms. The Kier molecular flexibility index (Phi) is 8.56. The molecule has 0 amide bonds. The van der Waals surface area contributed by atoms with Gasteiger partial charge in [-0.2, -0.15) is 11.8 Å². The third-order valence-electron chi connectivity index (χ3n) is 0.426. The molecule has 0 aliphatic rings. The molecule has 0 aromatic carbocycles. The zero-order chi connectivity index (χ0) is 6.24. The fraction of sp³-hybridized carbons (Fsp3) is 0.600. The van der Waals surface area contributed by atoms with Crippen molar-refractivity contribution in [3.05, 3.63) is 11.5 Å². The Labute approximate surface area is 63.3 Å². The molecular weight excluding hydrogens is 156 g/mol. The summed E-state index contributed by atoms with van der Waals surface area (Å²) in [5.41, 5.74) is 0. The third-order valence-corrected chi connectivity index (χ3v) is 3.88. The summed E-state index contributed by atoms with van der Waals surface area (Å²) in [6.07, 6.45) is 4.17. The van der Waals surface area contributed by atoms with Crippen molar-refractivity contribution in [3.8, 4) is 0 Å². The Morgan fingerprint density at radius 1 is 1.50 bits per heavy atom. The molecule has 0 rings (SSSR count). The van der Waals surface area contributed by atoms with Gasteiger partial charge in [0.15, 0.2) is 0 Å². The van der Waals surface area contributed by atoms with Gasteiger partial charge >= 0.3 is 0 Å². The minimum Gasteiger partial charge on any atom is -0.154 e. The fourth-order valence-electron chi connectivity index (χ4n) is 0.171. The van der Waals surface area contributed by atoms with Crippen molar-refractivity contribution >= 4 is 33.3 Å². The van der Waals surface area contributed by atoms with E-state index >= 15 is 0 Å². The van der Waals surface area contributed by atoms with Crippen LogP contribution in [0.5, 0.6) is 0 Å². The number of hydrogen-bond donors (Lipinski definition) is 0. The summed E-state index contributed by atoms with van der Waals surface area (Å²) in [5.74, 6) is 0. The molecule has 0 radical (unpaired) electrons. The molecule has 0 saturated carbocycles. The molecule has 0 saturated heterocycles. The second kappa shape index (κ2) is 7.79. The van der Waals surface area contributed by atoms with Gasteiger partial charge in [0.2, 0.25) is 0 Å². The van der Waals surface area contributed by atoms with Gasteiger partial charge in [0, 0.05) is 5.08 Å². The highest BCUT2D eigenvalue weighted by atomic mass is 33.1. The average Bonchev–Trinajstić information content (AvgIpc) is 1.81. The first kappa shape index (κ1) is 8.79. The van der Waals surface area contributed by atoms with E-state index in [-0.39, 0.29) is 0 Å². The topological polar surface area (TPSA) is 0 Å². The summed E-state index contributed by atoms with van der Waals surface area (Å²) < 4.78 is 0. The van der Waals surface area contributed by atoms with Crippen molar-refractivity contribution in [3.63, 3.8) is 0 Å². The summed E-state index contributed by atoms with van der Waals surface area (Å²) in [7, 11) is 3.66. The van der Waals surface area contributed by atoms with Crippen molar-refractivity contribution in [2.45, 2.75) is 6.92 Å². The van der Waals surface area contributed by atoms with Crippen LogP contribution in [-0.4, -0.2) is 11.3 Å². The maximum absolute atomic E-state index is 2.11. The van der Waals surface area contributed by atoms with Gasteiger partial charge in [-0.15, -0.1) is 0 Å². The first-order valence-electron chi connectivity index (χ1n) is 2.30.